The number of ether oxygens (including phenoxy) is 2. The first kappa shape index (κ1) is 14.2. The Labute approximate surface area is 130 Å². The van der Waals surface area contributed by atoms with Crippen LogP contribution in [0.2, 0.25) is 0 Å². The Morgan fingerprint density at radius 2 is 1.59 bits per heavy atom. The van der Waals surface area contributed by atoms with Crippen molar-refractivity contribution in [2.75, 3.05) is 14.2 Å². The van der Waals surface area contributed by atoms with E-state index in [-0.39, 0.29) is 0 Å². The van der Waals surface area contributed by atoms with E-state index in [0.29, 0.717) is 0 Å². The second kappa shape index (κ2) is 6.35. The Balaban J connectivity index is 1.94. The average molecular weight is 295 g/mol. The number of imidazole rings is 1. The van der Waals surface area contributed by atoms with Crippen LogP contribution in [0.4, 0.5) is 0 Å². The van der Waals surface area contributed by atoms with Gasteiger partial charge in [0.15, 0.2) is 11.5 Å². The number of aromatic nitrogens is 2. The summed E-state index contributed by atoms with van der Waals surface area (Å²) >= 11 is 0. The lowest BCUT2D eigenvalue weighted by atomic mass is 10.2. The molecule has 4 heteroatoms. The van der Waals surface area contributed by atoms with Crippen molar-refractivity contribution < 1.29 is 14.0 Å². The molecule has 0 atom stereocenters. The number of methoxy groups -OCH3 is 2. The highest BCUT2D eigenvalue weighted by Crippen LogP contribution is 2.31. The number of hydrogen-bond acceptors (Lipinski definition) is 2. The van der Waals surface area contributed by atoms with E-state index in [0.717, 1.165) is 23.7 Å². The van der Waals surface area contributed by atoms with E-state index in [2.05, 4.69) is 28.8 Å². The summed E-state index contributed by atoms with van der Waals surface area (Å²) in [6.45, 7) is 0.825. The molecule has 0 aliphatic heterocycles. The smallest absolute Gasteiger partial charge is 0.249 e. The van der Waals surface area contributed by atoms with Gasteiger partial charge < -0.3 is 9.47 Å². The average Bonchev–Trinajstić information content (AvgIpc) is 3.03. The largest absolute Gasteiger partial charge is 0.492 e. The zero-order valence-electron chi connectivity index (χ0n) is 12.8. The number of benzene rings is 2. The predicted octanol–water partition coefficient (Wildman–Crippen LogP) is 2.83. The quantitative estimate of drug-likeness (QED) is 0.677. The molecular weight excluding hydrogens is 276 g/mol. The van der Waals surface area contributed by atoms with Crippen molar-refractivity contribution in [2.45, 2.75) is 6.54 Å². The molecule has 112 valence electrons. The minimum Gasteiger partial charge on any atom is -0.492 e. The van der Waals surface area contributed by atoms with Crippen LogP contribution in [0.25, 0.3) is 5.69 Å². The highest BCUT2D eigenvalue weighted by molar-refractivity contribution is 5.56. The van der Waals surface area contributed by atoms with Crippen LogP contribution in [0.5, 0.6) is 11.5 Å². The number of nitrogens with zero attached hydrogens (tertiary/aromatic N) is 2. The molecule has 0 radical (unpaired) electrons. The fourth-order valence-electron chi connectivity index (χ4n) is 2.50. The molecule has 0 bridgehead atoms. The van der Waals surface area contributed by atoms with Crippen molar-refractivity contribution in [3.05, 3.63) is 72.8 Å². The molecule has 22 heavy (non-hydrogen) atoms. The number of para-hydroxylation sites is 1. The lowest BCUT2D eigenvalue weighted by molar-refractivity contribution is -0.687. The molecule has 4 nitrogen and oxygen atoms in total. The standard InChI is InChI=1S/C18H19N2O2/c1-21-16-9-6-10-17(22-2)18(16)20-12-11-19(14-20)13-15-7-4-3-5-8-15/h3-12,14H,13H2,1-2H3/q+1. The Morgan fingerprint density at radius 3 is 2.23 bits per heavy atom. The van der Waals surface area contributed by atoms with Crippen molar-refractivity contribution in [1.29, 1.82) is 0 Å². The highest BCUT2D eigenvalue weighted by atomic mass is 16.5. The first-order valence-corrected chi connectivity index (χ1v) is 7.14. The molecule has 0 saturated carbocycles. The van der Waals surface area contributed by atoms with Gasteiger partial charge in [-0.1, -0.05) is 36.4 Å². The fourth-order valence-corrected chi connectivity index (χ4v) is 2.50. The lowest BCUT2D eigenvalue weighted by Gasteiger charge is -2.09. The topological polar surface area (TPSA) is 27.3 Å². The van der Waals surface area contributed by atoms with Crippen LogP contribution in [0.3, 0.4) is 0 Å². The predicted molar refractivity (Wildman–Crippen MR) is 84.6 cm³/mol. The molecule has 1 heterocycles. The van der Waals surface area contributed by atoms with Gasteiger partial charge >= 0.3 is 0 Å². The minimum atomic E-state index is 0.779. The van der Waals surface area contributed by atoms with Crippen molar-refractivity contribution in [3.63, 3.8) is 0 Å². The Hall–Kier alpha value is -2.75. The zero-order valence-corrected chi connectivity index (χ0v) is 12.8. The van der Waals surface area contributed by atoms with Crippen LogP contribution >= 0.6 is 0 Å². The van der Waals surface area contributed by atoms with E-state index in [1.807, 2.05) is 47.6 Å². The van der Waals surface area contributed by atoms with Crippen molar-refractivity contribution in [3.8, 4) is 17.2 Å². The van der Waals surface area contributed by atoms with E-state index in [1.165, 1.54) is 5.56 Å². The molecular formula is C18H19N2O2+. The molecule has 0 spiro atoms. The molecule has 0 unspecified atom stereocenters. The lowest BCUT2D eigenvalue weighted by Crippen LogP contribution is -2.31. The normalized spacial score (nSPS) is 10.5. The summed E-state index contributed by atoms with van der Waals surface area (Å²) in [5.74, 6) is 1.56. The molecule has 0 N–H and O–H groups in total. The fraction of sp³-hybridized carbons (Fsp3) is 0.167. The van der Waals surface area contributed by atoms with Gasteiger partial charge in [-0.05, 0) is 17.7 Å². The summed E-state index contributed by atoms with van der Waals surface area (Å²) in [6.07, 6.45) is 6.08. The minimum absolute atomic E-state index is 0.779. The zero-order chi connectivity index (χ0) is 15.4. The number of hydrogen-bond donors (Lipinski definition) is 0. The van der Waals surface area contributed by atoms with Gasteiger partial charge in [0.2, 0.25) is 12.0 Å². The maximum Gasteiger partial charge on any atom is 0.249 e. The van der Waals surface area contributed by atoms with Gasteiger partial charge in [0.05, 0.1) is 14.2 Å². The SMILES string of the molecule is COc1cccc(OC)c1-n1cc[n+](Cc2ccccc2)c1. The highest BCUT2D eigenvalue weighted by Gasteiger charge is 2.17. The van der Waals surface area contributed by atoms with E-state index in [1.54, 1.807) is 14.2 Å². The Kier molecular flexibility index (Phi) is 4.10. The molecule has 0 amide bonds. The maximum absolute atomic E-state index is 5.46. The van der Waals surface area contributed by atoms with Gasteiger partial charge in [0, 0.05) is 0 Å². The molecule has 0 fully saturated rings. The number of rotatable bonds is 5. The van der Waals surface area contributed by atoms with Gasteiger partial charge in [-0.25, -0.2) is 4.57 Å². The van der Waals surface area contributed by atoms with Crippen LogP contribution < -0.4 is 14.0 Å². The van der Waals surface area contributed by atoms with E-state index < -0.39 is 0 Å². The molecule has 2 aromatic carbocycles. The first-order chi connectivity index (χ1) is 10.8. The molecule has 3 aromatic rings. The second-order valence-corrected chi connectivity index (χ2v) is 4.99. The van der Waals surface area contributed by atoms with Gasteiger partial charge in [-0.2, -0.15) is 4.57 Å². The molecule has 0 saturated heterocycles. The first-order valence-electron chi connectivity index (χ1n) is 7.14. The van der Waals surface area contributed by atoms with Crippen molar-refractivity contribution in [1.82, 2.24) is 4.57 Å². The second-order valence-electron chi connectivity index (χ2n) is 4.99. The van der Waals surface area contributed by atoms with Crippen LogP contribution in [0.15, 0.2) is 67.3 Å². The van der Waals surface area contributed by atoms with E-state index in [9.17, 15) is 0 Å². The summed E-state index contributed by atoms with van der Waals surface area (Å²) in [5, 5.41) is 0. The third-order valence-corrected chi connectivity index (χ3v) is 3.56. The van der Waals surface area contributed by atoms with Gasteiger partial charge in [0.25, 0.3) is 0 Å². The van der Waals surface area contributed by atoms with Crippen LogP contribution in [-0.2, 0) is 6.54 Å². The Bertz CT molecular complexity index is 729. The summed E-state index contributed by atoms with van der Waals surface area (Å²) in [5.41, 5.74) is 2.16. The maximum atomic E-state index is 5.46. The third-order valence-electron chi connectivity index (χ3n) is 3.56. The van der Waals surface area contributed by atoms with Gasteiger partial charge in [0.1, 0.15) is 18.9 Å². The summed E-state index contributed by atoms with van der Waals surface area (Å²) < 4.78 is 15.1. The van der Waals surface area contributed by atoms with Crippen LogP contribution in [0, 0.1) is 0 Å². The molecule has 3 rings (SSSR count). The van der Waals surface area contributed by atoms with E-state index >= 15 is 0 Å². The summed E-state index contributed by atoms with van der Waals surface area (Å²) in [7, 11) is 3.33. The van der Waals surface area contributed by atoms with Crippen LogP contribution in [-0.4, -0.2) is 18.8 Å². The van der Waals surface area contributed by atoms with Gasteiger partial charge in [-0.15, -0.1) is 0 Å². The molecule has 0 aliphatic rings. The molecule has 1 aromatic heterocycles. The monoisotopic (exact) mass is 295 g/mol. The summed E-state index contributed by atoms with van der Waals surface area (Å²) in [6, 6.07) is 16.1. The third kappa shape index (κ3) is 2.81. The Morgan fingerprint density at radius 1 is 0.909 bits per heavy atom. The summed E-state index contributed by atoms with van der Waals surface area (Å²) in [4.78, 5) is 0. The molecule has 0 aliphatic carbocycles. The van der Waals surface area contributed by atoms with E-state index in [4.69, 9.17) is 9.47 Å². The van der Waals surface area contributed by atoms with Crippen molar-refractivity contribution >= 4 is 0 Å². The van der Waals surface area contributed by atoms with Crippen molar-refractivity contribution in [2.24, 2.45) is 0 Å². The van der Waals surface area contributed by atoms with Gasteiger partial charge in [-0.3, -0.25) is 0 Å². The van der Waals surface area contributed by atoms with Crippen LogP contribution in [0.1, 0.15) is 5.56 Å².